The van der Waals surface area contributed by atoms with E-state index in [0.717, 1.165) is 0 Å². The van der Waals surface area contributed by atoms with E-state index < -0.39 is 0 Å². The molecule has 4 heteroatoms. The first-order valence-electron chi connectivity index (χ1n) is 4.07. The average molecular weight is 256 g/mol. The molecule has 0 saturated carbocycles. The molecule has 0 heterocycles. The molecule has 0 radical (unpaired) electrons. The van der Waals surface area contributed by atoms with Gasteiger partial charge < -0.3 is 4.74 Å². The molecule has 0 spiro atoms. The zero-order valence-electron chi connectivity index (χ0n) is 8.72. The molecular formula is C12H12CrO3. The number of rotatable bonds is 4. The molecule has 0 bridgehead atoms. The number of ether oxygens (including phenoxy) is 1. The van der Waals surface area contributed by atoms with Crippen molar-refractivity contribution in [1.82, 2.24) is 0 Å². The van der Waals surface area contributed by atoms with Crippen LogP contribution in [-0.2, 0) is 38.0 Å². The van der Waals surface area contributed by atoms with Gasteiger partial charge in [0, 0.05) is 17.4 Å². The fraction of sp³-hybridized carbons (Fsp3) is 0.167. The van der Waals surface area contributed by atoms with Crippen LogP contribution in [0.4, 0.5) is 0 Å². The van der Waals surface area contributed by atoms with Crippen molar-refractivity contribution < 1.29 is 31.4 Å². The topological polar surface area (TPSA) is 49.0 Å². The summed E-state index contributed by atoms with van der Waals surface area (Å²) in [5, 5.41) is 0. The van der Waals surface area contributed by atoms with Gasteiger partial charge in [-0.1, -0.05) is 36.4 Å². The predicted octanol–water partition coefficient (Wildman–Crippen LogP) is 2.31. The van der Waals surface area contributed by atoms with Crippen LogP contribution in [0.1, 0.15) is 5.56 Å². The van der Waals surface area contributed by atoms with Gasteiger partial charge in [-0.15, -0.1) is 6.58 Å². The maximum absolute atomic E-state index is 7.50. The van der Waals surface area contributed by atoms with Gasteiger partial charge in [-0.25, -0.2) is 0 Å². The van der Waals surface area contributed by atoms with Crippen LogP contribution in [-0.4, -0.2) is 6.61 Å². The summed E-state index contributed by atoms with van der Waals surface area (Å²) >= 11 is 0. The number of hydrogen-bond donors (Lipinski definition) is 0. The molecule has 0 aliphatic carbocycles. The molecule has 0 atom stereocenters. The van der Waals surface area contributed by atoms with Crippen molar-refractivity contribution in [3.05, 3.63) is 61.9 Å². The van der Waals surface area contributed by atoms with Crippen LogP contribution in [0.25, 0.3) is 0 Å². The van der Waals surface area contributed by atoms with E-state index in [1.165, 1.54) is 5.56 Å². The summed E-state index contributed by atoms with van der Waals surface area (Å²) in [7, 11) is 0. The van der Waals surface area contributed by atoms with Crippen molar-refractivity contribution in [3.8, 4) is 0 Å². The third-order valence-electron chi connectivity index (χ3n) is 1.35. The molecule has 84 valence electrons. The average Bonchev–Trinajstić information content (AvgIpc) is 2.36. The Hall–Kier alpha value is -1.07. The molecule has 0 N–H and O–H groups in total. The molecular weight excluding hydrogens is 244 g/mol. The van der Waals surface area contributed by atoms with Gasteiger partial charge in [0.15, 0.2) is 0 Å². The van der Waals surface area contributed by atoms with E-state index in [0.29, 0.717) is 13.2 Å². The van der Waals surface area contributed by atoms with Gasteiger partial charge in [-0.3, -0.25) is 0 Å². The van der Waals surface area contributed by atoms with Crippen LogP contribution in [0, 0.1) is 13.3 Å². The monoisotopic (exact) mass is 256 g/mol. The summed E-state index contributed by atoms with van der Waals surface area (Å²) in [5.74, 6) is 0. The summed E-state index contributed by atoms with van der Waals surface area (Å²) in [6, 6.07) is 10.1. The Morgan fingerprint density at radius 2 is 1.62 bits per heavy atom. The van der Waals surface area contributed by atoms with Crippen LogP contribution in [0.5, 0.6) is 0 Å². The van der Waals surface area contributed by atoms with Crippen LogP contribution in [0.3, 0.4) is 0 Å². The second-order valence-electron chi connectivity index (χ2n) is 2.29. The molecule has 0 amide bonds. The van der Waals surface area contributed by atoms with E-state index in [4.69, 9.17) is 14.0 Å². The molecule has 0 unspecified atom stereocenters. The Morgan fingerprint density at radius 1 is 1.12 bits per heavy atom. The molecule has 16 heavy (non-hydrogen) atoms. The zero-order chi connectivity index (χ0) is 11.9. The van der Waals surface area contributed by atoms with Crippen molar-refractivity contribution in [2.45, 2.75) is 6.61 Å². The van der Waals surface area contributed by atoms with Crippen LogP contribution >= 0.6 is 0 Å². The standard InChI is InChI=1S/C10H12O.2CO.Cr/c1-2-8-11-9-10-6-4-3-5-7-10;2*1-2;/h2-7H,1,8-9H2;;;. The SMILES string of the molecule is C=CCOCc1ccccc1.[C-]#[O+].[C-]#[O+].[Cr]. The Bertz CT molecular complexity index is 274. The summed E-state index contributed by atoms with van der Waals surface area (Å²) in [5.41, 5.74) is 1.20. The Balaban J connectivity index is -0.000000305. The van der Waals surface area contributed by atoms with Crippen molar-refractivity contribution in [1.29, 1.82) is 0 Å². The largest absolute Gasteiger partial charge is 0 e. The third-order valence-corrected chi connectivity index (χ3v) is 1.35. The summed E-state index contributed by atoms with van der Waals surface area (Å²) in [4.78, 5) is 0. The Morgan fingerprint density at radius 3 is 2.06 bits per heavy atom. The molecule has 0 saturated heterocycles. The minimum Gasteiger partial charge on any atom is 0 e. The molecule has 0 aliphatic rings. The van der Waals surface area contributed by atoms with Crippen molar-refractivity contribution in [3.63, 3.8) is 0 Å². The molecule has 1 rings (SSSR count). The van der Waals surface area contributed by atoms with E-state index in [1.54, 1.807) is 6.08 Å². The summed E-state index contributed by atoms with van der Waals surface area (Å²) in [6.07, 6.45) is 1.75. The van der Waals surface area contributed by atoms with E-state index in [1.807, 2.05) is 30.3 Å². The van der Waals surface area contributed by atoms with E-state index in [2.05, 4.69) is 19.9 Å². The fourth-order valence-corrected chi connectivity index (χ4v) is 0.834. The van der Waals surface area contributed by atoms with Gasteiger partial charge in [-0.2, -0.15) is 0 Å². The van der Waals surface area contributed by atoms with Gasteiger partial charge in [0.1, 0.15) is 0 Å². The van der Waals surface area contributed by atoms with Crippen molar-refractivity contribution in [2.24, 2.45) is 0 Å². The maximum Gasteiger partial charge on any atom is 0 e. The van der Waals surface area contributed by atoms with Crippen LogP contribution in [0.15, 0.2) is 43.0 Å². The Labute approximate surface area is 107 Å². The van der Waals surface area contributed by atoms with E-state index in [9.17, 15) is 0 Å². The second kappa shape index (κ2) is 19.5. The normalized spacial score (nSPS) is 6.75. The smallest absolute Gasteiger partial charge is 0 e. The molecule has 0 aliphatic heterocycles. The third kappa shape index (κ3) is 12.9. The molecule has 3 nitrogen and oxygen atoms in total. The molecule has 0 fully saturated rings. The minimum absolute atomic E-state index is 0. The van der Waals surface area contributed by atoms with Gasteiger partial charge >= 0.3 is 22.6 Å². The minimum atomic E-state index is 0. The first-order chi connectivity index (χ1) is 7.43. The van der Waals surface area contributed by atoms with Crippen LogP contribution in [0.2, 0.25) is 0 Å². The quantitative estimate of drug-likeness (QED) is 0.353. The molecule has 1 aromatic carbocycles. The van der Waals surface area contributed by atoms with E-state index >= 15 is 0 Å². The molecule has 0 aromatic heterocycles. The number of benzene rings is 1. The summed E-state index contributed by atoms with van der Waals surface area (Å²) < 4.78 is 20.3. The van der Waals surface area contributed by atoms with Gasteiger partial charge in [0.05, 0.1) is 13.2 Å². The van der Waals surface area contributed by atoms with Crippen molar-refractivity contribution >= 4 is 0 Å². The van der Waals surface area contributed by atoms with Crippen LogP contribution < -0.4 is 0 Å². The fourth-order valence-electron chi connectivity index (χ4n) is 0.834. The molecule has 1 aromatic rings. The van der Waals surface area contributed by atoms with Gasteiger partial charge in [0.2, 0.25) is 0 Å². The van der Waals surface area contributed by atoms with Gasteiger partial charge in [-0.05, 0) is 5.56 Å². The summed E-state index contributed by atoms with van der Waals surface area (Å²) in [6.45, 7) is 13.9. The van der Waals surface area contributed by atoms with Crippen molar-refractivity contribution in [2.75, 3.05) is 6.61 Å². The predicted molar refractivity (Wildman–Crippen MR) is 54.2 cm³/mol. The first-order valence-corrected chi connectivity index (χ1v) is 4.07. The second-order valence-corrected chi connectivity index (χ2v) is 2.29. The number of hydrogen-bond acceptors (Lipinski definition) is 1. The van der Waals surface area contributed by atoms with Gasteiger partial charge in [0.25, 0.3) is 0 Å². The maximum atomic E-state index is 7.50. The first kappa shape index (κ1) is 20.4. The Kier molecular flexibility index (Phi) is 24.8. The zero-order valence-corrected chi connectivity index (χ0v) is 9.99. The van der Waals surface area contributed by atoms with E-state index in [-0.39, 0.29) is 17.4 Å².